The van der Waals surface area contributed by atoms with E-state index in [-0.39, 0.29) is 11.8 Å². The Morgan fingerprint density at radius 3 is 2.92 bits per heavy atom. The molecule has 1 aliphatic rings. The molecule has 1 atom stereocenters. The van der Waals surface area contributed by atoms with E-state index in [1.165, 1.54) is 19.3 Å². The van der Waals surface area contributed by atoms with Crippen molar-refractivity contribution < 1.29 is 4.79 Å². The van der Waals surface area contributed by atoms with Crippen LogP contribution in [0.1, 0.15) is 39.0 Å². The fourth-order valence-electron chi connectivity index (χ4n) is 1.65. The lowest BCUT2D eigenvalue weighted by atomic mass is 10.0. The van der Waals surface area contributed by atoms with Crippen molar-refractivity contribution in [2.24, 2.45) is 0 Å². The lowest BCUT2D eigenvalue weighted by Gasteiger charge is -2.10. The van der Waals surface area contributed by atoms with Crippen LogP contribution in [0.5, 0.6) is 0 Å². The number of allylic oxidation sites excluding steroid dienone is 1. The molecule has 0 aliphatic heterocycles. The van der Waals surface area contributed by atoms with Crippen molar-refractivity contribution in [3.05, 3.63) is 11.6 Å². The Bertz CT molecular complexity index is 208. The molecule has 0 aromatic heterocycles. The third-order valence-corrected chi connectivity index (χ3v) is 2.68. The first-order chi connectivity index (χ1) is 6.25. The molecular formula is C11H19NO. The number of ketones is 1. The maximum atomic E-state index is 11.8. The molecule has 1 aliphatic carbocycles. The van der Waals surface area contributed by atoms with Crippen molar-refractivity contribution in [2.45, 2.75) is 45.1 Å². The second kappa shape index (κ2) is 5.18. The molecule has 0 aromatic carbocycles. The van der Waals surface area contributed by atoms with Gasteiger partial charge in [0, 0.05) is 0 Å². The molecule has 0 radical (unpaired) electrons. The molecule has 0 spiro atoms. The molecule has 1 N–H and O–H groups in total. The van der Waals surface area contributed by atoms with Crippen molar-refractivity contribution >= 4 is 5.78 Å². The van der Waals surface area contributed by atoms with E-state index in [2.05, 4.69) is 11.4 Å². The zero-order chi connectivity index (χ0) is 9.68. The number of likely N-dealkylation sites (N-methyl/N-ethyl adjacent to an activating group) is 1. The number of carbonyl (C=O) groups excluding carboxylic acids is 1. The van der Waals surface area contributed by atoms with Gasteiger partial charge in [-0.05, 0) is 45.2 Å². The molecule has 0 aromatic rings. The van der Waals surface area contributed by atoms with Gasteiger partial charge in [-0.1, -0.05) is 12.5 Å². The third-order valence-electron chi connectivity index (χ3n) is 2.68. The first kappa shape index (κ1) is 10.5. The Hall–Kier alpha value is -0.630. The van der Waals surface area contributed by atoms with E-state index in [9.17, 15) is 4.79 Å². The fourth-order valence-corrected chi connectivity index (χ4v) is 1.65. The quantitative estimate of drug-likeness (QED) is 0.722. The van der Waals surface area contributed by atoms with Crippen LogP contribution in [0, 0.1) is 0 Å². The summed E-state index contributed by atoms with van der Waals surface area (Å²) in [5.74, 6) is 0.282. The highest BCUT2D eigenvalue weighted by atomic mass is 16.1. The second-order valence-corrected chi connectivity index (χ2v) is 3.70. The first-order valence-electron chi connectivity index (χ1n) is 5.16. The van der Waals surface area contributed by atoms with Crippen molar-refractivity contribution in [2.75, 3.05) is 7.05 Å². The topological polar surface area (TPSA) is 29.1 Å². The van der Waals surface area contributed by atoms with Crippen LogP contribution in [0.15, 0.2) is 11.6 Å². The zero-order valence-electron chi connectivity index (χ0n) is 8.60. The van der Waals surface area contributed by atoms with Gasteiger partial charge >= 0.3 is 0 Å². The fraction of sp³-hybridized carbons (Fsp3) is 0.727. The normalized spacial score (nSPS) is 20.3. The molecule has 2 nitrogen and oxygen atoms in total. The predicted molar refractivity (Wildman–Crippen MR) is 54.7 cm³/mol. The third kappa shape index (κ3) is 2.96. The molecule has 0 saturated heterocycles. The molecule has 0 heterocycles. The van der Waals surface area contributed by atoms with E-state index in [1.54, 1.807) is 0 Å². The Labute approximate surface area is 80.4 Å². The smallest absolute Gasteiger partial charge is 0.175 e. The Morgan fingerprint density at radius 1 is 1.46 bits per heavy atom. The summed E-state index contributed by atoms with van der Waals surface area (Å²) in [5.41, 5.74) is 1.04. The van der Waals surface area contributed by atoms with Crippen LogP contribution in [0.2, 0.25) is 0 Å². The number of nitrogens with one attached hydrogen (secondary N) is 1. The standard InChI is InChI=1S/C11H19NO/c1-9(12-2)11(13)10-7-5-3-4-6-8-10/h7,9,12H,3-6,8H2,1-2H3. The van der Waals surface area contributed by atoms with Crippen LogP contribution in [0.25, 0.3) is 0 Å². The highest BCUT2D eigenvalue weighted by Crippen LogP contribution is 2.18. The molecule has 1 unspecified atom stereocenters. The molecular weight excluding hydrogens is 162 g/mol. The SMILES string of the molecule is CNC(C)C(=O)C1=CCCCCC1. The van der Waals surface area contributed by atoms with Gasteiger partial charge in [-0.3, -0.25) is 4.79 Å². The number of rotatable bonds is 3. The van der Waals surface area contributed by atoms with Crippen LogP contribution in [-0.2, 0) is 4.79 Å². The summed E-state index contributed by atoms with van der Waals surface area (Å²) in [6, 6.07) is -0.0237. The number of hydrogen-bond donors (Lipinski definition) is 1. The maximum Gasteiger partial charge on any atom is 0.175 e. The lowest BCUT2D eigenvalue weighted by molar-refractivity contribution is -0.117. The van der Waals surface area contributed by atoms with E-state index in [4.69, 9.17) is 0 Å². The van der Waals surface area contributed by atoms with Crippen molar-refractivity contribution in [3.8, 4) is 0 Å². The van der Waals surface area contributed by atoms with Gasteiger partial charge < -0.3 is 5.32 Å². The molecule has 0 amide bonds. The van der Waals surface area contributed by atoms with Gasteiger partial charge in [-0.15, -0.1) is 0 Å². The highest BCUT2D eigenvalue weighted by Gasteiger charge is 2.16. The van der Waals surface area contributed by atoms with E-state index >= 15 is 0 Å². The average molecular weight is 181 g/mol. The summed E-state index contributed by atoms with van der Waals surface area (Å²) < 4.78 is 0. The molecule has 0 saturated carbocycles. The molecule has 0 fully saturated rings. The van der Waals surface area contributed by atoms with Gasteiger partial charge in [-0.2, -0.15) is 0 Å². The number of hydrogen-bond acceptors (Lipinski definition) is 2. The summed E-state index contributed by atoms with van der Waals surface area (Å²) in [6.07, 6.45) is 7.87. The van der Waals surface area contributed by atoms with Gasteiger partial charge in [0.15, 0.2) is 5.78 Å². The maximum absolute atomic E-state index is 11.8. The van der Waals surface area contributed by atoms with Crippen LogP contribution in [0.3, 0.4) is 0 Å². The Morgan fingerprint density at radius 2 is 2.23 bits per heavy atom. The van der Waals surface area contributed by atoms with Gasteiger partial charge in [0.2, 0.25) is 0 Å². The molecule has 74 valence electrons. The van der Waals surface area contributed by atoms with Gasteiger partial charge in [0.1, 0.15) is 0 Å². The van der Waals surface area contributed by atoms with E-state index in [1.807, 2.05) is 14.0 Å². The summed E-state index contributed by atoms with van der Waals surface area (Å²) >= 11 is 0. The Kier molecular flexibility index (Phi) is 4.16. The number of carbonyl (C=O) groups is 1. The minimum Gasteiger partial charge on any atom is -0.310 e. The van der Waals surface area contributed by atoms with Gasteiger partial charge in [0.25, 0.3) is 0 Å². The Balaban J connectivity index is 2.58. The first-order valence-corrected chi connectivity index (χ1v) is 5.16. The molecule has 2 heteroatoms. The monoisotopic (exact) mass is 181 g/mol. The largest absolute Gasteiger partial charge is 0.310 e. The van der Waals surface area contributed by atoms with Crippen molar-refractivity contribution in [3.63, 3.8) is 0 Å². The summed E-state index contributed by atoms with van der Waals surface area (Å²) in [5, 5.41) is 2.99. The van der Waals surface area contributed by atoms with Crippen LogP contribution < -0.4 is 5.32 Å². The van der Waals surface area contributed by atoms with Gasteiger partial charge in [-0.25, -0.2) is 0 Å². The highest BCUT2D eigenvalue weighted by molar-refractivity contribution is 5.99. The minimum absolute atomic E-state index is 0.0237. The van der Waals surface area contributed by atoms with Crippen molar-refractivity contribution in [1.82, 2.24) is 5.32 Å². The van der Waals surface area contributed by atoms with Crippen molar-refractivity contribution in [1.29, 1.82) is 0 Å². The van der Waals surface area contributed by atoms with Crippen LogP contribution in [-0.4, -0.2) is 18.9 Å². The molecule has 1 rings (SSSR count). The summed E-state index contributed by atoms with van der Waals surface area (Å²) in [7, 11) is 1.83. The van der Waals surface area contributed by atoms with E-state index in [0.29, 0.717) is 0 Å². The van der Waals surface area contributed by atoms with E-state index in [0.717, 1.165) is 18.4 Å². The number of Topliss-reactive ketones (excluding diaryl/α,β-unsaturated/α-hetero) is 1. The minimum atomic E-state index is -0.0237. The summed E-state index contributed by atoms with van der Waals surface area (Å²) in [6.45, 7) is 1.92. The molecule has 0 bridgehead atoms. The second-order valence-electron chi connectivity index (χ2n) is 3.70. The summed E-state index contributed by atoms with van der Waals surface area (Å²) in [4.78, 5) is 11.8. The zero-order valence-corrected chi connectivity index (χ0v) is 8.60. The molecule has 13 heavy (non-hydrogen) atoms. The van der Waals surface area contributed by atoms with Crippen LogP contribution >= 0.6 is 0 Å². The lowest BCUT2D eigenvalue weighted by Crippen LogP contribution is -2.31. The van der Waals surface area contributed by atoms with Crippen LogP contribution in [0.4, 0.5) is 0 Å². The average Bonchev–Trinajstić information content (AvgIpc) is 2.43. The van der Waals surface area contributed by atoms with E-state index < -0.39 is 0 Å². The van der Waals surface area contributed by atoms with Gasteiger partial charge in [0.05, 0.1) is 6.04 Å². The predicted octanol–water partition coefficient (Wildman–Crippen LogP) is 2.05.